The van der Waals surface area contributed by atoms with Crippen LogP contribution in [-0.4, -0.2) is 14.3 Å². The highest BCUT2D eigenvalue weighted by atomic mass is 16.6. The van der Waals surface area contributed by atoms with Crippen molar-refractivity contribution in [3.63, 3.8) is 0 Å². The summed E-state index contributed by atoms with van der Waals surface area (Å²) in [7, 11) is 0. The zero-order valence-corrected chi connectivity index (χ0v) is 13.2. The lowest BCUT2D eigenvalue weighted by atomic mass is 10.0. The van der Waals surface area contributed by atoms with Gasteiger partial charge in [-0.3, -0.25) is 19.3 Å². The molecule has 122 valence electrons. The van der Waals surface area contributed by atoms with E-state index in [-0.39, 0.29) is 17.4 Å². The Morgan fingerprint density at radius 1 is 1.21 bits per heavy atom. The van der Waals surface area contributed by atoms with Gasteiger partial charge in [-0.2, -0.15) is 4.98 Å². The first-order valence-electron chi connectivity index (χ1n) is 7.41. The molecule has 0 amide bonds. The number of hydrogen-bond donors (Lipinski definition) is 0. The zero-order chi connectivity index (χ0) is 17.3. The molecule has 0 radical (unpaired) electrons. The fourth-order valence-corrected chi connectivity index (χ4v) is 2.34. The highest BCUT2D eigenvalue weighted by molar-refractivity contribution is 5.50. The third kappa shape index (κ3) is 2.83. The van der Waals surface area contributed by atoms with Crippen molar-refractivity contribution in [2.24, 2.45) is 0 Å². The Morgan fingerprint density at radius 2 is 2.00 bits per heavy atom. The smallest absolute Gasteiger partial charge is 0.396 e. The first kappa shape index (κ1) is 15.7. The second kappa shape index (κ2) is 6.11. The van der Waals surface area contributed by atoms with Crippen molar-refractivity contribution in [2.75, 3.05) is 0 Å². The van der Waals surface area contributed by atoms with Crippen LogP contribution in [0.25, 0.3) is 5.65 Å². The standard InChI is InChI=1S/C17H15N3O4/c1-11(2)12-6-5-7-13(10-12)24-16-15(20(22)23)17(21)19-9-4-3-8-14(19)18-16/h3-11H,1-2H3. The van der Waals surface area contributed by atoms with Crippen molar-refractivity contribution in [3.8, 4) is 11.6 Å². The minimum absolute atomic E-state index is 0.277. The van der Waals surface area contributed by atoms with E-state index in [4.69, 9.17) is 4.74 Å². The van der Waals surface area contributed by atoms with Crippen LogP contribution in [0.2, 0.25) is 0 Å². The summed E-state index contributed by atoms with van der Waals surface area (Å²) in [5, 5.41) is 11.3. The lowest BCUT2D eigenvalue weighted by Gasteiger charge is -2.10. The Bertz CT molecular complexity index is 979. The van der Waals surface area contributed by atoms with Gasteiger partial charge in [-0.1, -0.05) is 32.0 Å². The van der Waals surface area contributed by atoms with E-state index >= 15 is 0 Å². The molecule has 0 atom stereocenters. The van der Waals surface area contributed by atoms with Crippen LogP contribution < -0.4 is 10.3 Å². The normalized spacial score (nSPS) is 11.0. The Labute approximate surface area is 137 Å². The van der Waals surface area contributed by atoms with E-state index in [1.165, 1.54) is 6.20 Å². The van der Waals surface area contributed by atoms with Crippen LogP contribution in [-0.2, 0) is 0 Å². The molecule has 0 bridgehead atoms. The van der Waals surface area contributed by atoms with Gasteiger partial charge in [0.15, 0.2) is 0 Å². The van der Waals surface area contributed by atoms with E-state index < -0.39 is 16.2 Å². The van der Waals surface area contributed by atoms with E-state index in [1.54, 1.807) is 36.4 Å². The molecule has 0 aliphatic heterocycles. The quantitative estimate of drug-likeness (QED) is 0.541. The van der Waals surface area contributed by atoms with Gasteiger partial charge in [0.25, 0.3) is 0 Å². The summed E-state index contributed by atoms with van der Waals surface area (Å²) in [5.74, 6) is 0.368. The molecule has 0 aliphatic rings. The van der Waals surface area contributed by atoms with E-state index in [1.807, 2.05) is 19.9 Å². The maximum atomic E-state index is 12.4. The van der Waals surface area contributed by atoms with E-state index in [2.05, 4.69) is 4.98 Å². The molecule has 7 heteroatoms. The molecular formula is C17H15N3O4. The second-order valence-electron chi connectivity index (χ2n) is 5.59. The Hall–Kier alpha value is -3.22. The number of nitro groups is 1. The van der Waals surface area contributed by atoms with Crippen molar-refractivity contribution in [1.29, 1.82) is 0 Å². The van der Waals surface area contributed by atoms with Gasteiger partial charge < -0.3 is 4.74 Å². The van der Waals surface area contributed by atoms with Gasteiger partial charge in [0.1, 0.15) is 11.4 Å². The highest BCUT2D eigenvalue weighted by Crippen LogP contribution is 2.28. The Kier molecular flexibility index (Phi) is 3.99. The van der Waals surface area contributed by atoms with Crippen molar-refractivity contribution >= 4 is 11.3 Å². The third-order valence-corrected chi connectivity index (χ3v) is 3.60. The largest absolute Gasteiger partial charge is 0.433 e. The average molecular weight is 325 g/mol. The number of aromatic nitrogens is 2. The topological polar surface area (TPSA) is 86.7 Å². The first-order valence-corrected chi connectivity index (χ1v) is 7.41. The van der Waals surface area contributed by atoms with Crippen LogP contribution in [0.15, 0.2) is 53.5 Å². The van der Waals surface area contributed by atoms with E-state index in [9.17, 15) is 14.9 Å². The van der Waals surface area contributed by atoms with Gasteiger partial charge in [0.2, 0.25) is 0 Å². The van der Waals surface area contributed by atoms with Gasteiger partial charge >= 0.3 is 17.1 Å². The van der Waals surface area contributed by atoms with E-state index in [0.29, 0.717) is 5.75 Å². The van der Waals surface area contributed by atoms with Crippen LogP contribution in [0, 0.1) is 10.1 Å². The van der Waals surface area contributed by atoms with Gasteiger partial charge in [-0.15, -0.1) is 0 Å². The summed E-state index contributed by atoms with van der Waals surface area (Å²) in [5.41, 5.74) is -0.162. The van der Waals surface area contributed by atoms with Gasteiger partial charge in [-0.05, 0) is 35.7 Å². The number of nitrogens with zero attached hydrogens (tertiary/aromatic N) is 3. The molecule has 24 heavy (non-hydrogen) atoms. The van der Waals surface area contributed by atoms with Crippen LogP contribution in [0.5, 0.6) is 11.6 Å². The number of rotatable bonds is 4. The number of ether oxygens (including phenoxy) is 1. The minimum atomic E-state index is -0.777. The number of pyridine rings is 1. The van der Waals surface area contributed by atoms with E-state index in [0.717, 1.165) is 9.96 Å². The van der Waals surface area contributed by atoms with Gasteiger partial charge in [-0.25, -0.2) is 0 Å². The fraction of sp³-hybridized carbons (Fsp3) is 0.176. The Morgan fingerprint density at radius 3 is 2.71 bits per heavy atom. The first-order chi connectivity index (χ1) is 11.5. The molecule has 0 N–H and O–H groups in total. The molecule has 0 unspecified atom stereocenters. The molecule has 3 aromatic rings. The minimum Gasteiger partial charge on any atom is -0.433 e. The molecule has 0 spiro atoms. The molecule has 7 nitrogen and oxygen atoms in total. The Balaban J connectivity index is 2.15. The summed E-state index contributed by atoms with van der Waals surface area (Å²) < 4.78 is 6.71. The number of hydrogen-bond acceptors (Lipinski definition) is 5. The summed E-state index contributed by atoms with van der Waals surface area (Å²) in [6.45, 7) is 4.06. The lowest BCUT2D eigenvalue weighted by molar-refractivity contribution is -0.387. The van der Waals surface area contributed by atoms with Crippen molar-refractivity contribution < 1.29 is 9.66 Å². The summed E-state index contributed by atoms with van der Waals surface area (Å²) in [4.78, 5) is 27.0. The molecule has 2 heterocycles. The summed E-state index contributed by atoms with van der Waals surface area (Å²) in [6.07, 6.45) is 1.43. The van der Waals surface area contributed by atoms with Crippen LogP contribution in [0.4, 0.5) is 5.69 Å². The van der Waals surface area contributed by atoms with Gasteiger partial charge in [0, 0.05) is 6.20 Å². The molecule has 0 saturated heterocycles. The maximum absolute atomic E-state index is 12.4. The van der Waals surface area contributed by atoms with Crippen molar-refractivity contribution in [3.05, 3.63) is 74.7 Å². The van der Waals surface area contributed by atoms with Crippen molar-refractivity contribution in [2.45, 2.75) is 19.8 Å². The zero-order valence-electron chi connectivity index (χ0n) is 13.2. The molecule has 0 aliphatic carbocycles. The maximum Gasteiger partial charge on any atom is 0.396 e. The second-order valence-corrected chi connectivity index (χ2v) is 5.59. The highest BCUT2D eigenvalue weighted by Gasteiger charge is 2.25. The molecule has 0 fully saturated rings. The fourth-order valence-electron chi connectivity index (χ4n) is 2.34. The summed E-state index contributed by atoms with van der Waals surface area (Å²) in [6, 6.07) is 12.1. The third-order valence-electron chi connectivity index (χ3n) is 3.60. The monoisotopic (exact) mass is 325 g/mol. The molecule has 3 rings (SSSR count). The molecule has 1 aromatic carbocycles. The predicted molar refractivity (Wildman–Crippen MR) is 88.7 cm³/mol. The van der Waals surface area contributed by atoms with Gasteiger partial charge in [0.05, 0.1) is 4.92 Å². The SMILES string of the molecule is CC(C)c1cccc(Oc2nc3ccccn3c(=O)c2[N+](=O)[O-])c1. The van der Waals surface area contributed by atoms with Crippen LogP contribution >= 0.6 is 0 Å². The van der Waals surface area contributed by atoms with Crippen LogP contribution in [0.1, 0.15) is 25.3 Å². The number of fused-ring (bicyclic) bond motifs is 1. The molecule has 2 aromatic heterocycles. The molecular weight excluding hydrogens is 310 g/mol. The average Bonchev–Trinajstić information content (AvgIpc) is 2.55. The van der Waals surface area contributed by atoms with Crippen molar-refractivity contribution in [1.82, 2.24) is 9.38 Å². The predicted octanol–water partition coefficient (Wildman–Crippen LogP) is 3.52. The lowest BCUT2D eigenvalue weighted by Crippen LogP contribution is -2.19. The molecule has 0 saturated carbocycles. The van der Waals surface area contributed by atoms with Crippen LogP contribution in [0.3, 0.4) is 0 Å². The number of benzene rings is 1. The summed E-state index contributed by atoms with van der Waals surface area (Å²) >= 11 is 0.